The molecular formula is C15H22N2O. The predicted octanol–water partition coefficient (Wildman–Crippen LogP) is 3.10. The Hall–Kier alpha value is -1.51. The second-order valence-electron chi connectivity index (χ2n) is 5.47. The van der Waals surface area contributed by atoms with Gasteiger partial charge in [-0.15, -0.1) is 0 Å². The summed E-state index contributed by atoms with van der Waals surface area (Å²) >= 11 is 0. The monoisotopic (exact) mass is 246 g/mol. The van der Waals surface area contributed by atoms with Gasteiger partial charge in [-0.1, -0.05) is 13.8 Å². The molecule has 0 spiro atoms. The molecule has 3 nitrogen and oxygen atoms in total. The van der Waals surface area contributed by atoms with E-state index >= 15 is 0 Å². The Morgan fingerprint density at radius 1 is 1.44 bits per heavy atom. The zero-order valence-electron chi connectivity index (χ0n) is 11.4. The smallest absolute Gasteiger partial charge is 0.161 e. The Labute approximate surface area is 109 Å². The number of ketones is 1. The van der Waals surface area contributed by atoms with Crippen LogP contribution in [-0.2, 0) is 0 Å². The van der Waals surface area contributed by atoms with Gasteiger partial charge in [0, 0.05) is 29.5 Å². The molecule has 0 amide bonds. The van der Waals surface area contributed by atoms with Gasteiger partial charge < -0.3 is 10.6 Å². The molecule has 0 radical (unpaired) electrons. The maximum absolute atomic E-state index is 11.4. The molecule has 0 saturated carbocycles. The molecular weight excluding hydrogens is 224 g/mol. The van der Waals surface area contributed by atoms with Gasteiger partial charge in [0.25, 0.3) is 0 Å². The van der Waals surface area contributed by atoms with E-state index in [9.17, 15) is 4.79 Å². The fraction of sp³-hybridized carbons (Fsp3) is 0.533. The summed E-state index contributed by atoms with van der Waals surface area (Å²) in [5.41, 5.74) is 8.33. The van der Waals surface area contributed by atoms with Crippen molar-refractivity contribution in [3.05, 3.63) is 23.8 Å². The van der Waals surface area contributed by atoms with Gasteiger partial charge in [0.2, 0.25) is 0 Å². The van der Waals surface area contributed by atoms with Crippen LogP contribution in [0.5, 0.6) is 0 Å². The van der Waals surface area contributed by atoms with Gasteiger partial charge in [0.05, 0.1) is 0 Å². The number of hydrogen-bond donors (Lipinski definition) is 1. The molecule has 1 heterocycles. The third-order valence-corrected chi connectivity index (χ3v) is 3.81. The third-order valence-electron chi connectivity index (χ3n) is 3.81. The van der Waals surface area contributed by atoms with E-state index in [1.165, 1.54) is 12.8 Å². The maximum Gasteiger partial charge on any atom is 0.161 e. The van der Waals surface area contributed by atoms with E-state index in [0.29, 0.717) is 23.2 Å². The van der Waals surface area contributed by atoms with Gasteiger partial charge in [-0.05, 0) is 43.9 Å². The Morgan fingerprint density at radius 3 is 2.72 bits per heavy atom. The van der Waals surface area contributed by atoms with Crippen LogP contribution >= 0.6 is 0 Å². The number of carbonyl (C=O) groups is 1. The largest absolute Gasteiger partial charge is 0.398 e. The van der Waals surface area contributed by atoms with Gasteiger partial charge in [-0.25, -0.2) is 0 Å². The van der Waals surface area contributed by atoms with Gasteiger partial charge in [-0.3, -0.25) is 4.79 Å². The van der Waals surface area contributed by atoms with Gasteiger partial charge in [-0.2, -0.15) is 0 Å². The van der Waals surface area contributed by atoms with Crippen molar-refractivity contribution >= 4 is 17.2 Å². The molecule has 1 aliphatic heterocycles. The van der Waals surface area contributed by atoms with Crippen molar-refractivity contribution in [1.29, 1.82) is 0 Å². The quantitative estimate of drug-likeness (QED) is 0.658. The van der Waals surface area contributed by atoms with Crippen molar-refractivity contribution in [3.63, 3.8) is 0 Å². The Balaban J connectivity index is 2.29. The highest BCUT2D eigenvalue weighted by atomic mass is 16.1. The fourth-order valence-corrected chi connectivity index (χ4v) is 2.86. The lowest BCUT2D eigenvalue weighted by molar-refractivity contribution is 0.101. The molecule has 1 aliphatic rings. The molecule has 18 heavy (non-hydrogen) atoms. The summed E-state index contributed by atoms with van der Waals surface area (Å²) in [6.07, 6.45) is 2.48. The number of nitrogens with zero attached hydrogens (tertiary/aromatic N) is 1. The predicted molar refractivity (Wildman–Crippen MR) is 76.1 cm³/mol. The summed E-state index contributed by atoms with van der Waals surface area (Å²) in [5, 5.41) is 0. The number of nitrogens with two attached hydrogens (primary N) is 1. The summed E-state index contributed by atoms with van der Waals surface area (Å²) < 4.78 is 0. The summed E-state index contributed by atoms with van der Waals surface area (Å²) in [6, 6.07) is 6.40. The molecule has 1 aromatic rings. The minimum Gasteiger partial charge on any atom is -0.398 e. The summed E-state index contributed by atoms with van der Waals surface area (Å²) in [6.45, 7) is 7.16. The zero-order valence-corrected chi connectivity index (χ0v) is 11.4. The van der Waals surface area contributed by atoms with Crippen LogP contribution in [0, 0.1) is 5.92 Å². The minimum atomic E-state index is 0.0286. The topological polar surface area (TPSA) is 46.3 Å². The fourth-order valence-electron chi connectivity index (χ4n) is 2.86. The molecule has 0 aliphatic carbocycles. The lowest BCUT2D eigenvalue weighted by atomic mass is 10.0. The number of anilines is 2. The summed E-state index contributed by atoms with van der Waals surface area (Å²) in [7, 11) is 0. The van der Waals surface area contributed by atoms with E-state index in [4.69, 9.17) is 5.73 Å². The Bertz CT molecular complexity index is 454. The van der Waals surface area contributed by atoms with Crippen LogP contribution in [0.15, 0.2) is 18.2 Å². The van der Waals surface area contributed by atoms with E-state index in [1.54, 1.807) is 6.92 Å². The lowest BCUT2D eigenvalue weighted by Crippen LogP contribution is -2.33. The average molecular weight is 246 g/mol. The lowest BCUT2D eigenvalue weighted by Gasteiger charge is -2.30. The first-order valence-corrected chi connectivity index (χ1v) is 6.68. The number of benzene rings is 1. The first-order valence-electron chi connectivity index (χ1n) is 6.68. The highest BCUT2D eigenvalue weighted by Gasteiger charge is 2.27. The molecule has 1 aromatic carbocycles. The van der Waals surface area contributed by atoms with E-state index < -0.39 is 0 Å². The van der Waals surface area contributed by atoms with Gasteiger partial charge in [0.1, 0.15) is 0 Å². The van der Waals surface area contributed by atoms with E-state index in [1.807, 2.05) is 18.2 Å². The molecule has 1 unspecified atom stereocenters. The standard InChI is InChI=1S/C15H22N2O/c1-10(2)15-5-4-8-17(15)12-6-7-13(11(3)18)14(16)9-12/h6-7,9-10,15H,4-5,8,16H2,1-3H3. The Kier molecular flexibility index (Phi) is 3.60. The number of nitrogen functional groups attached to an aromatic ring is 1. The maximum atomic E-state index is 11.4. The van der Waals surface area contributed by atoms with Crippen LogP contribution in [-0.4, -0.2) is 18.4 Å². The van der Waals surface area contributed by atoms with Crippen LogP contribution in [0.2, 0.25) is 0 Å². The van der Waals surface area contributed by atoms with Crippen LogP contribution in [0.1, 0.15) is 44.0 Å². The average Bonchev–Trinajstić information content (AvgIpc) is 2.77. The molecule has 2 N–H and O–H groups in total. The highest BCUT2D eigenvalue weighted by Crippen LogP contribution is 2.31. The molecule has 0 aromatic heterocycles. The number of carbonyl (C=O) groups excluding carboxylic acids is 1. The molecule has 0 bridgehead atoms. The molecule has 1 atom stereocenters. The van der Waals surface area contributed by atoms with Crippen LogP contribution < -0.4 is 10.6 Å². The van der Waals surface area contributed by atoms with Gasteiger partial charge >= 0.3 is 0 Å². The van der Waals surface area contributed by atoms with E-state index in [2.05, 4.69) is 18.7 Å². The molecule has 1 saturated heterocycles. The number of rotatable bonds is 3. The zero-order chi connectivity index (χ0) is 13.3. The minimum absolute atomic E-state index is 0.0286. The van der Waals surface area contributed by atoms with Crippen LogP contribution in [0.25, 0.3) is 0 Å². The first-order chi connectivity index (χ1) is 8.50. The molecule has 1 fully saturated rings. The van der Waals surface area contributed by atoms with Crippen molar-refractivity contribution in [2.45, 2.75) is 39.7 Å². The number of Topliss-reactive ketones (excluding diaryl/α,β-unsaturated/α-hetero) is 1. The molecule has 2 rings (SSSR count). The van der Waals surface area contributed by atoms with Crippen LogP contribution in [0.4, 0.5) is 11.4 Å². The molecule has 3 heteroatoms. The van der Waals surface area contributed by atoms with Crippen molar-refractivity contribution < 1.29 is 4.79 Å². The van der Waals surface area contributed by atoms with Crippen molar-refractivity contribution in [1.82, 2.24) is 0 Å². The van der Waals surface area contributed by atoms with Crippen LogP contribution in [0.3, 0.4) is 0 Å². The number of hydrogen-bond acceptors (Lipinski definition) is 3. The van der Waals surface area contributed by atoms with Crippen molar-refractivity contribution in [2.75, 3.05) is 17.2 Å². The van der Waals surface area contributed by atoms with Crippen molar-refractivity contribution in [2.24, 2.45) is 5.92 Å². The van der Waals surface area contributed by atoms with E-state index in [0.717, 1.165) is 12.2 Å². The SMILES string of the molecule is CC(=O)c1ccc(N2CCCC2C(C)C)cc1N. The first kappa shape index (κ1) is 12.9. The van der Waals surface area contributed by atoms with E-state index in [-0.39, 0.29) is 5.78 Å². The Morgan fingerprint density at radius 2 is 2.17 bits per heavy atom. The van der Waals surface area contributed by atoms with Gasteiger partial charge in [0.15, 0.2) is 5.78 Å². The second-order valence-corrected chi connectivity index (χ2v) is 5.47. The van der Waals surface area contributed by atoms with Crippen molar-refractivity contribution in [3.8, 4) is 0 Å². The summed E-state index contributed by atoms with van der Waals surface area (Å²) in [5.74, 6) is 0.669. The summed E-state index contributed by atoms with van der Waals surface area (Å²) in [4.78, 5) is 13.8. The normalized spacial score (nSPS) is 19.6. The second kappa shape index (κ2) is 5.01. The third kappa shape index (κ3) is 2.35. The molecule has 98 valence electrons. The highest BCUT2D eigenvalue weighted by molar-refractivity contribution is 5.99.